The van der Waals surface area contributed by atoms with Crippen LogP contribution in [0.2, 0.25) is 5.02 Å². The number of nitrogens with one attached hydrogen (secondary N) is 2. The number of ketones is 1. The zero-order chi connectivity index (χ0) is 27.6. The van der Waals surface area contributed by atoms with Gasteiger partial charge in [-0.25, -0.2) is 4.39 Å². The van der Waals surface area contributed by atoms with Gasteiger partial charge in [-0.05, 0) is 57.9 Å². The van der Waals surface area contributed by atoms with Gasteiger partial charge < -0.3 is 20.1 Å². The maximum absolute atomic E-state index is 14.1. The van der Waals surface area contributed by atoms with Crippen LogP contribution in [0, 0.1) is 5.82 Å². The Morgan fingerprint density at radius 3 is 2.55 bits per heavy atom. The number of amides is 3. The van der Waals surface area contributed by atoms with Gasteiger partial charge in [0.25, 0.3) is 5.91 Å². The van der Waals surface area contributed by atoms with Gasteiger partial charge in [0.05, 0.1) is 11.6 Å². The summed E-state index contributed by atoms with van der Waals surface area (Å²) in [7, 11) is 0. The summed E-state index contributed by atoms with van der Waals surface area (Å²) in [6.07, 6.45) is 3.54. The second-order valence-electron chi connectivity index (χ2n) is 9.81. The highest BCUT2D eigenvalue weighted by atomic mass is 35.5. The van der Waals surface area contributed by atoms with E-state index in [0.29, 0.717) is 22.0 Å². The van der Waals surface area contributed by atoms with Gasteiger partial charge in [-0.2, -0.15) is 0 Å². The first-order chi connectivity index (χ1) is 18.0. The highest BCUT2D eigenvalue weighted by Crippen LogP contribution is 2.25. The van der Waals surface area contributed by atoms with Crippen molar-refractivity contribution in [2.45, 2.75) is 58.8 Å². The molecule has 200 valence electrons. The summed E-state index contributed by atoms with van der Waals surface area (Å²) in [5.41, 5.74) is 1.74. The highest BCUT2D eigenvalue weighted by Gasteiger charge is 2.25. The Morgan fingerprint density at radius 2 is 1.89 bits per heavy atom. The molecular formula is C28H30ClFN4O4. The number of carbonyl (C=O) groups is 4. The van der Waals surface area contributed by atoms with Crippen LogP contribution in [0.5, 0.6) is 0 Å². The average Bonchev–Trinajstić information content (AvgIpc) is 3.61. The van der Waals surface area contributed by atoms with Crippen molar-refractivity contribution in [3.8, 4) is 0 Å². The summed E-state index contributed by atoms with van der Waals surface area (Å²) in [4.78, 5) is 52.2. The molecular weight excluding hydrogens is 511 g/mol. The van der Waals surface area contributed by atoms with E-state index in [1.807, 2.05) is 0 Å². The number of halogens is 2. The van der Waals surface area contributed by atoms with Crippen molar-refractivity contribution in [3.05, 3.63) is 70.1 Å². The molecule has 38 heavy (non-hydrogen) atoms. The van der Waals surface area contributed by atoms with Crippen LogP contribution in [-0.2, 0) is 22.7 Å². The molecule has 2 aromatic carbocycles. The number of fused-ring (bicyclic) bond motifs is 1. The molecule has 1 aliphatic rings. The second kappa shape index (κ2) is 11.3. The molecule has 0 unspecified atom stereocenters. The van der Waals surface area contributed by atoms with Gasteiger partial charge in [-0.1, -0.05) is 23.7 Å². The number of nitrogens with zero attached hydrogens (tertiary/aromatic N) is 2. The van der Waals surface area contributed by atoms with Crippen LogP contribution in [0.3, 0.4) is 0 Å². The Kier molecular flexibility index (Phi) is 8.16. The summed E-state index contributed by atoms with van der Waals surface area (Å²) in [6, 6.07) is 9.53. The van der Waals surface area contributed by atoms with Crippen molar-refractivity contribution in [2.75, 3.05) is 6.54 Å². The van der Waals surface area contributed by atoms with E-state index in [4.69, 9.17) is 11.6 Å². The number of aromatic nitrogens is 1. The smallest absolute Gasteiger partial charge is 0.251 e. The molecule has 2 N–H and O–H groups in total. The number of rotatable bonds is 10. The Bertz CT molecular complexity index is 1410. The average molecular weight is 541 g/mol. The zero-order valence-electron chi connectivity index (χ0n) is 21.5. The number of Topliss-reactive ketones (excluding diaryl/α,β-unsaturated/α-hetero) is 1. The van der Waals surface area contributed by atoms with Crippen molar-refractivity contribution in [1.29, 1.82) is 0 Å². The van der Waals surface area contributed by atoms with E-state index in [-0.39, 0.29) is 59.9 Å². The van der Waals surface area contributed by atoms with Gasteiger partial charge >= 0.3 is 0 Å². The van der Waals surface area contributed by atoms with Crippen molar-refractivity contribution < 1.29 is 23.6 Å². The zero-order valence-corrected chi connectivity index (χ0v) is 22.3. The molecule has 0 spiro atoms. The normalized spacial score (nSPS) is 13.0. The van der Waals surface area contributed by atoms with E-state index >= 15 is 0 Å². The predicted molar refractivity (Wildman–Crippen MR) is 143 cm³/mol. The fourth-order valence-electron chi connectivity index (χ4n) is 4.23. The molecule has 8 nitrogen and oxygen atoms in total. The Balaban J connectivity index is 1.49. The first-order valence-corrected chi connectivity index (χ1v) is 12.9. The third-order valence-corrected chi connectivity index (χ3v) is 6.80. The van der Waals surface area contributed by atoms with Gasteiger partial charge in [0.15, 0.2) is 5.78 Å². The maximum atomic E-state index is 14.1. The monoisotopic (exact) mass is 540 g/mol. The largest absolute Gasteiger partial charge is 0.350 e. The number of hydrogen-bond acceptors (Lipinski definition) is 4. The highest BCUT2D eigenvalue weighted by molar-refractivity contribution is 6.30. The summed E-state index contributed by atoms with van der Waals surface area (Å²) in [5.74, 6) is -1.75. The van der Waals surface area contributed by atoms with Gasteiger partial charge in [0.2, 0.25) is 11.8 Å². The molecule has 1 aliphatic carbocycles. The summed E-state index contributed by atoms with van der Waals surface area (Å²) in [5, 5.41) is 6.13. The predicted octanol–water partition coefficient (Wildman–Crippen LogP) is 4.08. The van der Waals surface area contributed by atoms with Gasteiger partial charge in [0, 0.05) is 52.4 Å². The third-order valence-electron chi connectivity index (χ3n) is 6.51. The minimum Gasteiger partial charge on any atom is -0.350 e. The summed E-state index contributed by atoms with van der Waals surface area (Å²) >= 11 is 5.80. The minimum atomic E-state index is -0.597. The van der Waals surface area contributed by atoms with E-state index < -0.39 is 11.7 Å². The van der Waals surface area contributed by atoms with Gasteiger partial charge in [0.1, 0.15) is 12.4 Å². The van der Waals surface area contributed by atoms with Gasteiger partial charge in [-0.3, -0.25) is 19.2 Å². The standard InChI is InChI=1S/C28H30ClFN4O4/c1-16(2)34(14-25(36)31-12-19-5-4-6-23(29)27(19)30)26(37)15-33-13-22(17(3)35)21-11-18(7-10-24(21)33)28(38)32-20-8-9-20/h4-7,10-11,13,16,20H,8-9,12,14-15H2,1-3H3,(H,31,36)(H,32,38). The SMILES string of the molecule is CC(=O)c1cn(CC(=O)N(CC(=O)NCc2cccc(Cl)c2F)C(C)C)c2ccc(C(=O)NC3CC3)cc12. The first-order valence-electron chi connectivity index (χ1n) is 12.5. The van der Waals surface area contributed by atoms with Crippen LogP contribution < -0.4 is 10.6 Å². The van der Waals surface area contributed by atoms with E-state index in [1.54, 1.807) is 48.9 Å². The number of hydrogen-bond donors (Lipinski definition) is 2. The molecule has 0 radical (unpaired) electrons. The Hall–Kier alpha value is -3.72. The minimum absolute atomic E-state index is 0.0322. The van der Waals surface area contributed by atoms with Crippen LogP contribution in [-0.4, -0.2) is 51.6 Å². The molecule has 0 bridgehead atoms. The topological polar surface area (TPSA) is 101 Å². The van der Waals surface area contributed by atoms with E-state index in [0.717, 1.165) is 12.8 Å². The third kappa shape index (κ3) is 6.22. The lowest BCUT2D eigenvalue weighted by atomic mass is 10.1. The molecule has 1 saturated carbocycles. The second-order valence-corrected chi connectivity index (χ2v) is 10.2. The molecule has 0 aliphatic heterocycles. The van der Waals surface area contributed by atoms with Crippen molar-refractivity contribution in [2.24, 2.45) is 0 Å². The molecule has 10 heteroatoms. The summed E-state index contributed by atoms with van der Waals surface area (Å²) < 4.78 is 15.8. The quantitative estimate of drug-likeness (QED) is 0.378. The molecule has 3 aromatic rings. The van der Waals surface area contributed by atoms with Crippen molar-refractivity contribution >= 4 is 46.0 Å². The van der Waals surface area contributed by atoms with Crippen LogP contribution >= 0.6 is 11.6 Å². The number of carbonyl (C=O) groups excluding carboxylic acids is 4. The van der Waals surface area contributed by atoms with Crippen molar-refractivity contribution in [1.82, 2.24) is 20.1 Å². The fraction of sp³-hybridized carbons (Fsp3) is 0.357. The lowest BCUT2D eigenvalue weighted by Crippen LogP contribution is -2.45. The molecule has 0 atom stereocenters. The maximum Gasteiger partial charge on any atom is 0.251 e. The molecule has 1 fully saturated rings. The first kappa shape index (κ1) is 27.3. The fourth-order valence-corrected chi connectivity index (χ4v) is 4.42. The van der Waals surface area contributed by atoms with Crippen LogP contribution in [0.15, 0.2) is 42.6 Å². The van der Waals surface area contributed by atoms with Gasteiger partial charge in [-0.15, -0.1) is 0 Å². The molecule has 3 amide bonds. The lowest BCUT2D eigenvalue weighted by molar-refractivity contribution is -0.138. The number of benzene rings is 2. The summed E-state index contributed by atoms with van der Waals surface area (Å²) in [6.45, 7) is 4.63. The van der Waals surface area contributed by atoms with Crippen molar-refractivity contribution in [3.63, 3.8) is 0 Å². The van der Waals surface area contributed by atoms with E-state index in [2.05, 4.69) is 10.6 Å². The van der Waals surface area contributed by atoms with E-state index in [9.17, 15) is 23.6 Å². The lowest BCUT2D eigenvalue weighted by Gasteiger charge is -2.26. The van der Waals surface area contributed by atoms with E-state index in [1.165, 1.54) is 24.0 Å². The Labute approximate surface area is 225 Å². The van der Waals surface area contributed by atoms with Crippen LogP contribution in [0.1, 0.15) is 59.9 Å². The van der Waals surface area contributed by atoms with Crippen LogP contribution in [0.25, 0.3) is 10.9 Å². The van der Waals surface area contributed by atoms with Crippen LogP contribution in [0.4, 0.5) is 4.39 Å². The molecule has 4 rings (SSSR count). The Morgan fingerprint density at radius 1 is 1.16 bits per heavy atom. The molecule has 1 heterocycles. The molecule has 1 aromatic heterocycles. The molecule has 0 saturated heterocycles.